The minimum atomic E-state index is -3.00. The lowest BCUT2D eigenvalue weighted by molar-refractivity contribution is -0.121. The summed E-state index contributed by atoms with van der Waals surface area (Å²) in [5.74, 6) is -4.15. The highest BCUT2D eigenvalue weighted by Crippen LogP contribution is 2.29. The Morgan fingerprint density at radius 3 is 2.17 bits per heavy atom. The lowest BCUT2D eigenvalue weighted by atomic mass is 10.1. The van der Waals surface area contributed by atoms with Crippen LogP contribution in [0.2, 0.25) is 0 Å². The van der Waals surface area contributed by atoms with Gasteiger partial charge in [-0.2, -0.15) is 0 Å². The molecule has 2 N–H and O–H groups in total. The molecule has 2 aliphatic rings. The monoisotopic (exact) mass is 501 g/mol. The number of anilines is 2. The first kappa shape index (κ1) is 25.2. The molecule has 1 unspecified atom stereocenters. The topological polar surface area (TPSA) is 116 Å². The van der Waals surface area contributed by atoms with Gasteiger partial charge in [0.15, 0.2) is 0 Å². The molecule has 2 aliphatic heterocycles. The molecule has 0 spiro atoms. The van der Waals surface area contributed by atoms with Gasteiger partial charge in [0.1, 0.15) is 6.04 Å². The largest absolute Gasteiger partial charge is 0.478 e. The van der Waals surface area contributed by atoms with Crippen LogP contribution in [0.5, 0.6) is 0 Å². The van der Waals surface area contributed by atoms with Gasteiger partial charge in [0.2, 0.25) is 12.3 Å². The second kappa shape index (κ2) is 10.0. The van der Waals surface area contributed by atoms with E-state index in [0.29, 0.717) is 23.7 Å². The third-order valence-electron chi connectivity index (χ3n) is 6.12. The third kappa shape index (κ3) is 4.92. The molecule has 0 saturated carbocycles. The van der Waals surface area contributed by atoms with Crippen molar-refractivity contribution >= 4 is 35.1 Å². The minimum absolute atomic E-state index is 0.0131. The molecule has 0 aromatic heterocycles. The molecule has 11 heteroatoms. The standard InChI is InChI=1S/C25H25F2N3O6/c1-13-11-29(12-14(2)36-13)15-7-8-19(18(9-15)25(34)35)28-22(31)20(10-21(26)27)30-23(32)16-5-3-4-6-17(16)24(30)33/h3-9,13-14,20-21H,10-12H2,1-2H3,(H,28,31)(H,34,35)/t13-,14?,20-/m0/s1. The number of fused-ring (bicyclic) bond motifs is 1. The summed E-state index contributed by atoms with van der Waals surface area (Å²) < 4.78 is 32.5. The third-order valence-corrected chi connectivity index (χ3v) is 6.12. The highest BCUT2D eigenvalue weighted by atomic mass is 19.3. The van der Waals surface area contributed by atoms with Gasteiger partial charge in [0.05, 0.1) is 34.6 Å². The SMILES string of the molecule is CC1CN(c2ccc(NC(=O)[C@H](CC(F)F)N3C(=O)c4ccccc4C3=O)c(C(=O)O)c2)C[C@H](C)O1. The first-order chi connectivity index (χ1) is 17.1. The zero-order chi connectivity index (χ0) is 26.1. The molecule has 2 aromatic rings. The summed E-state index contributed by atoms with van der Waals surface area (Å²) in [4.78, 5) is 53.2. The highest BCUT2D eigenvalue weighted by Gasteiger charge is 2.44. The van der Waals surface area contributed by atoms with E-state index in [1.54, 1.807) is 6.07 Å². The molecule has 2 aromatic carbocycles. The number of nitrogens with one attached hydrogen (secondary N) is 1. The van der Waals surface area contributed by atoms with Crippen LogP contribution in [0.3, 0.4) is 0 Å². The zero-order valence-electron chi connectivity index (χ0n) is 19.6. The van der Waals surface area contributed by atoms with E-state index < -0.39 is 42.6 Å². The van der Waals surface area contributed by atoms with Crippen LogP contribution in [0.1, 0.15) is 51.3 Å². The average Bonchev–Trinajstić information content (AvgIpc) is 3.07. The zero-order valence-corrected chi connectivity index (χ0v) is 19.6. The number of benzene rings is 2. The predicted molar refractivity (Wildman–Crippen MR) is 126 cm³/mol. The molecule has 2 heterocycles. The minimum Gasteiger partial charge on any atom is -0.478 e. The van der Waals surface area contributed by atoms with Crippen molar-refractivity contribution in [1.82, 2.24) is 4.90 Å². The summed E-state index contributed by atoms with van der Waals surface area (Å²) in [7, 11) is 0. The van der Waals surface area contributed by atoms with Crippen molar-refractivity contribution in [3.8, 4) is 0 Å². The summed E-state index contributed by atoms with van der Waals surface area (Å²) in [5.41, 5.74) is 0.224. The van der Waals surface area contributed by atoms with Gasteiger partial charge >= 0.3 is 5.97 Å². The Morgan fingerprint density at radius 2 is 1.64 bits per heavy atom. The van der Waals surface area contributed by atoms with Gasteiger partial charge in [-0.1, -0.05) is 12.1 Å². The van der Waals surface area contributed by atoms with E-state index in [2.05, 4.69) is 5.32 Å². The maximum atomic E-state index is 13.4. The molecule has 3 amide bonds. The number of carboxylic acid groups (broad SMARTS) is 1. The van der Waals surface area contributed by atoms with E-state index in [4.69, 9.17) is 4.74 Å². The Morgan fingerprint density at radius 1 is 1.06 bits per heavy atom. The van der Waals surface area contributed by atoms with Crippen molar-refractivity contribution in [2.45, 2.75) is 44.9 Å². The van der Waals surface area contributed by atoms with E-state index in [-0.39, 0.29) is 34.6 Å². The van der Waals surface area contributed by atoms with E-state index in [0.717, 1.165) is 0 Å². The smallest absolute Gasteiger partial charge is 0.337 e. The first-order valence-electron chi connectivity index (χ1n) is 11.4. The number of nitrogens with zero attached hydrogens (tertiary/aromatic N) is 2. The van der Waals surface area contributed by atoms with Crippen LogP contribution in [0.4, 0.5) is 20.2 Å². The number of carbonyl (C=O) groups is 4. The van der Waals surface area contributed by atoms with Gasteiger partial charge < -0.3 is 20.1 Å². The normalized spacial score (nSPS) is 20.5. The molecular weight excluding hydrogens is 476 g/mol. The molecule has 190 valence electrons. The number of carboxylic acids is 1. The number of ether oxygens (including phenoxy) is 1. The van der Waals surface area contributed by atoms with Crippen LogP contribution in [-0.2, 0) is 9.53 Å². The number of hydrogen-bond acceptors (Lipinski definition) is 6. The lowest BCUT2D eigenvalue weighted by Gasteiger charge is -2.37. The van der Waals surface area contributed by atoms with Crippen LogP contribution < -0.4 is 10.2 Å². The molecule has 9 nitrogen and oxygen atoms in total. The van der Waals surface area contributed by atoms with Gasteiger partial charge in [-0.25, -0.2) is 13.6 Å². The van der Waals surface area contributed by atoms with E-state index in [1.165, 1.54) is 36.4 Å². The number of alkyl halides is 2. The quantitative estimate of drug-likeness (QED) is 0.560. The van der Waals surface area contributed by atoms with Gasteiger partial charge in [-0.3, -0.25) is 19.3 Å². The number of carbonyl (C=O) groups excluding carboxylic acids is 3. The number of halogens is 2. The number of aromatic carboxylic acids is 1. The second-order valence-electron chi connectivity index (χ2n) is 8.86. The van der Waals surface area contributed by atoms with E-state index in [9.17, 15) is 33.1 Å². The van der Waals surface area contributed by atoms with Crippen molar-refractivity contribution in [3.63, 3.8) is 0 Å². The summed E-state index contributed by atoms with van der Waals surface area (Å²) in [6.45, 7) is 4.87. The highest BCUT2D eigenvalue weighted by molar-refractivity contribution is 6.23. The lowest BCUT2D eigenvalue weighted by Crippen LogP contribution is -2.48. The fourth-order valence-electron chi connectivity index (χ4n) is 4.61. The second-order valence-corrected chi connectivity index (χ2v) is 8.86. The molecule has 1 saturated heterocycles. The summed E-state index contributed by atoms with van der Waals surface area (Å²) >= 11 is 0. The van der Waals surface area contributed by atoms with Crippen LogP contribution >= 0.6 is 0 Å². The Hall–Kier alpha value is -3.86. The van der Waals surface area contributed by atoms with Crippen LogP contribution in [0.25, 0.3) is 0 Å². The van der Waals surface area contributed by atoms with Crippen molar-refractivity contribution in [1.29, 1.82) is 0 Å². The van der Waals surface area contributed by atoms with Crippen LogP contribution in [0, 0.1) is 0 Å². The molecule has 0 aliphatic carbocycles. The molecule has 4 rings (SSSR count). The Kier molecular flexibility index (Phi) is 7.02. The molecule has 1 fully saturated rings. The molecule has 0 radical (unpaired) electrons. The van der Waals surface area contributed by atoms with Crippen LogP contribution in [-0.4, -0.2) is 71.5 Å². The van der Waals surface area contributed by atoms with E-state index in [1.807, 2.05) is 18.7 Å². The van der Waals surface area contributed by atoms with Crippen molar-refractivity contribution < 1.29 is 37.8 Å². The van der Waals surface area contributed by atoms with E-state index >= 15 is 0 Å². The fraction of sp³-hybridized carbons (Fsp3) is 0.360. The van der Waals surface area contributed by atoms with Gasteiger partial charge in [0, 0.05) is 25.2 Å². The fourth-order valence-corrected chi connectivity index (χ4v) is 4.61. The van der Waals surface area contributed by atoms with Gasteiger partial charge in [0.25, 0.3) is 11.8 Å². The maximum Gasteiger partial charge on any atom is 0.337 e. The maximum absolute atomic E-state index is 13.4. The number of amides is 3. The van der Waals surface area contributed by atoms with Gasteiger partial charge in [-0.15, -0.1) is 0 Å². The van der Waals surface area contributed by atoms with Crippen LogP contribution in [0.15, 0.2) is 42.5 Å². The summed E-state index contributed by atoms with van der Waals surface area (Å²) in [6, 6.07) is 8.31. The summed E-state index contributed by atoms with van der Waals surface area (Å²) in [6.07, 6.45) is -4.24. The molecule has 36 heavy (non-hydrogen) atoms. The number of morpholine rings is 1. The number of imide groups is 1. The molecule has 0 bridgehead atoms. The molecular formula is C25H25F2N3O6. The average molecular weight is 501 g/mol. The molecule has 3 atom stereocenters. The van der Waals surface area contributed by atoms with Gasteiger partial charge in [-0.05, 0) is 44.2 Å². The Balaban J connectivity index is 1.62. The van der Waals surface area contributed by atoms with Crippen molar-refractivity contribution in [2.75, 3.05) is 23.3 Å². The Labute approximate surface area is 205 Å². The Bertz CT molecular complexity index is 1180. The number of rotatable bonds is 7. The van der Waals surface area contributed by atoms with Crippen molar-refractivity contribution in [2.24, 2.45) is 0 Å². The summed E-state index contributed by atoms with van der Waals surface area (Å²) in [5, 5.41) is 12.1. The first-order valence-corrected chi connectivity index (χ1v) is 11.4. The number of hydrogen-bond donors (Lipinski definition) is 2. The van der Waals surface area contributed by atoms with Crippen molar-refractivity contribution in [3.05, 3.63) is 59.2 Å². The predicted octanol–water partition coefficient (Wildman–Crippen LogP) is 3.26.